The third kappa shape index (κ3) is 4.33. The minimum atomic E-state index is 0.293. The molecule has 0 unspecified atom stereocenters. The Morgan fingerprint density at radius 3 is 2.48 bits per heavy atom. The Balaban J connectivity index is 1.39. The van der Waals surface area contributed by atoms with Crippen LogP contribution in [0.2, 0.25) is 0 Å². The van der Waals surface area contributed by atoms with Crippen molar-refractivity contribution in [3.05, 3.63) is 84.7 Å². The van der Waals surface area contributed by atoms with Crippen LogP contribution < -0.4 is 5.32 Å². The smallest absolute Gasteiger partial charge is 0.159 e. The molecule has 0 bridgehead atoms. The zero-order valence-electron chi connectivity index (χ0n) is 15.2. The molecule has 1 N–H and O–H groups in total. The van der Waals surface area contributed by atoms with Crippen LogP contribution in [0.4, 0.5) is 0 Å². The lowest BCUT2D eigenvalue weighted by atomic mass is 10.1. The van der Waals surface area contributed by atoms with Crippen LogP contribution in [0.5, 0.6) is 0 Å². The zero-order valence-corrected chi connectivity index (χ0v) is 15.2. The summed E-state index contributed by atoms with van der Waals surface area (Å²) in [6.07, 6.45) is 9.83. The fourth-order valence-corrected chi connectivity index (χ4v) is 3.04. The summed E-state index contributed by atoms with van der Waals surface area (Å²) in [6.45, 7) is 2.86. The van der Waals surface area contributed by atoms with Crippen molar-refractivity contribution >= 4 is 10.8 Å². The van der Waals surface area contributed by atoms with Crippen LogP contribution in [0.25, 0.3) is 22.2 Å². The van der Waals surface area contributed by atoms with Crippen molar-refractivity contribution in [2.24, 2.45) is 0 Å². The Bertz CT molecular complexity index is 1020. The van der Waals surface area contributed by atoms with Gasteiger partial charge in [-0.2, -0.15) is 0 Å². The van der Waals surface area contributed by atoms with Gasteiger partial charge in [-0.1, -0.05) is 36.4 Å². The van der Waals surface area contributed by atoms with Crippen molar-refractivity contribution in [1.29, 1.82) is 0 Å². The molecule has 5 nitrogen and oxygen atoms in total. The lowest BCUT2D eigenvalue weighted by molar-refractivity contribution is 0.538. The number of nitrogens with zero attached hydrogens (tertiary/aromatic N) is 4. The summed E-state index contributed by atoms with van der Waals surface area (Å²) in [7, 11) is 0. The topological polar surface area (TPSA) is 63.6 Å². The quantitative estimate of drug-likeness (QED) is 0.570. The van der Waals surface area contributed by atoms with Gasteiger partial charge in [0.1, 0.15) is 0 Å². The molecular weight excluding hydrogens is 334 g/mol. The van der Waals surface area contributed by atoms with Gasteiger partial charge in [0.25, 0.3) is 0 Å². The van der Waals surface area contributed by atoms with E-state index in [1.54, 1.807) is 18.6 Å². The second-order valence-corrected chi connectivity index (χ2v) is 6.66. The van der Waals surface area contributed by atoms with Gasteiger partial charge in [-0.3, -0.25) is 9.97 Å². The minimum Gasteiger partial charge on any atom is -0.310 e. The summed E-state index contributed by atoms with van der Waals surface area (Å²) < 4.78 is 0. The monoisotopic (exact) mass is 355 g/mol. The molecule has 27 heavy (non-hydrogen) atoms. The molecule has 0 saturated carbocycles. The summed E-state index contributed by atoms with van der Waals surface area (Å²) in [5.41, 5.74) is 3.08. The zero-order chi connectivity index (χ0) is 18.5. The number of benzene rings is 2. The second kappa shape index (κ2) is 8.01. The number of rotatable bonds is 6. The van der Waals surface area contributed by atoms with Crippen molar-refractivity contribution in [3.63, 3.8) is 0 Å². The van der Waals surface area contributed by atoms with Gasteiger partial charge < -0.3 is 5.32 Å². The van der Waals surface area contributed by atoms with E-state index in [-0.39, 0.29) is 0 Å². The van der Waals surface area contributed by atoms with E-state index in [1.165, 1.54) is 10.8 Å². The van der Waals surface area contributed by atoms with E-state index < -0.39 is 0 Å². The van der Waals surface area contributed by atoms with Gasteiger partial charge in [0, 0.05) is 61.1 Å². The molecule has 1 atom stereocenters. The highest BCUT2D eigenvalue weighted by Gasteiger charge is 2.06. The molecule has 0 aliphatic carbocycles. The first kappa shape index (κ1) is 17.2. The number of aromatic nitrogens is 4. The van der Waals surface area contributed by atoms with Crippen LogP contribution in [-0.2, 0) is 13.0 Å². The Morgan fingerprint density at radius 2 is 1.70 bits per heavy atom. The van der Waals surface area contributed by atoms with Crippen LogP contribution in [0.15, 0.2) is 73.4 Å². The Morgan fingerprint density at radius 1 is 0.889 bits per heavy atom. The first-order chi connectivity index (χ1) is 13.3. The van der Waals surface area contributed by atoms with E-state index in [1.807, 2.05) is 24.5 Å². The fraction of sp³-hybridized carbons (Fsp3) is 0.182. The molecule has 0 saturated heterocycles. The van der Waals surface area contributed by atoms with Gasteiger partial charge in [0.15, 0.2) is 5.82 Å². The molecule has 2 aromatic heterocycles. The number of nitrogens with one attached hydrogen (secondary N) is 1. The molecule has 0 aliphatic rings. The van der Waals surface area contributed by atoms with Gasteiger partial charge in [-0.25, -0.2) is 9.97 Å². The number of fused-ring (bicyclic) bond motifs is 1. The van der Waals surface area contributed by atoms with E-state index in [0.717, 1.165) is 35.6 Å². The number of hydrogen-bond donors (Lipinski definition) is 1. The predicted octanol–water partition coefficient (Wildman–Crippen LogP) is 3.81. The molecule has 5 heteroatoms. The second-order valence-electron chi connectivity index (χ2n) is 6.66. The largest absolute Gasteiger partial charge is 0.310 e. The normalized spacial score (nSPS) is 12.2. The van der Waals surface area contributed by atoms with Gasteiger partial charge in [-0.15, -0.1) is 0 Å². The van der Waals surface area contributed by atoms with E-state index in [0.29, 0.717) is 6.04 Å². The van der Waals surface area contributed by atoms with Crippen LogP contribution in [-0.4, -0.2) is 26.0 Å². The fourth-order valence-electron chi connectivity index (χ4n) is 3.04. The number of hydrogen-bond acceptors (Lipinski definition) is 5. The van der Waals surface area contributed by atoms with Crippen molar-refractivity contribution in [3.8, 4) is 11.4 Å². The van der Waals surface area contributed by atoms with Crippen LogP contribution >= 0.6 is 0 Å². The Hall–Kier alpha value is -3.18. The lowest BCUT2D eigenvalue weighted by Crippen LogP contribution is -2.28. The summed E-state index contributed by atoms with van der Waals surface area (Å²) in [6, 6.07) is 14.9. The average Bonchev–Trinajstić information content (AvgIpc) is 2.73. The summed E-state index contributed by atoms with van der Waals surface area (Å²) in [5, 5.41) is 5.90. The van der Waals surface area contributed by atoms with Crippen molar-refractivity contribution in [1.82, 2.24) is 25.3 Å². The summed E-state index contributed by atoms with van der Waals surface area (Å²) >= 11 is 0. The van der Waals surface area contributed by atoms with Gasteiger partial charge >= 0.3 is 0 Å². The van der Waals surface area contributed by atoms with Gasteiger partial charge in [0.05, 0.1) is 5.69 Å². The SMILES string of the molecule is C[C@@H](Cc1cnccn1)NCc1cnc(-c2ccc3ccccc3c2)nc1. The van der Waals surface area contributed by atoms with Crippen molar-refractivity contribution in [2.75, 3.05) is 0 Å². The molecule has 0 radical (unpaired) electrons. The summed E-state index contributed by atoms with van der Waals surface area (Å²) in [4.78, 5) is 17.5. The molecule has 0 aliphatic heterocycles. The molecular formula is C22H21N5. The standard InChI is InChI=1S/C22H21N5/c1-16(10-21-15-23-8-9-24-21)25-12-17-13-26-22(27-14-17)20-7-6-18-4-2-3-5-19(18)11-20/h2-9,11,13-16,25H,10,12H2,1H3/t16-/m0/s1. The maximum atomic E-state index is 4.54. The highest BCUT2D eigenvalue weighted by atomic mass is 14.9. The van der Waals surface area contributed by atoms with Crippen LogP contribution in [0.1, 0.15) is 18.2 Å². The van der Waals surface area contributed by atoms with E-state index in [4.69, 9.17) is 0 Å². The summed E-state index contributed by atoms with van der Waals surface area (Å²) in [5.74, 6) is 0.747. The molecule has 0 amide bonds. The average molecular weight is 355 g/mol. The van der Waals surface area contributed by atoms with Gasteiger partial charge in [0.2, 0.25) is 0 Å². The third-order valence-electron chi connectivity index (χ3n) is 4.50. The van der Waals surface area contributed by atoms with Gasteiger partial charge in [-0.05, 0) is 23.8 Å². The Labute approximate surface area is 158 Å². The third-order valence-corrected chi connectivity index (χ3v) is 4.50. The Kier molecular flexibility index (Phi) is 5.12. The van der Waals surface area contributed by atoms with E-state index in [9.17, 15) is 0 Å². The maximum Gasteiger partial charge on any atom is 0.159 e. The molecule has 4 rings (SSSR count). The van der Waals surface area contributed by atoms with Crippen molar-refractivity contribution < 1.29 is 0 Å². The molecule has 0 spiro atoms. The molecule has 4 aromatic rings. The van der Waals surface area contributed by atoms with E-state index >= 15 is 0 Å². The first-order valence-electron chi connectivity index (χ1n) is 9.06. The van der Waals surface area contributed by atoms with Crippen LogP contribution in [0.3, 0.4) is 0 Å². The van der Waals surface area contributed by atoms with E-state index in [2.05, 4.69) is 62.5 Å². The minimum absolute atomic E-state index is 0.293. The molecule has 0 fully saturated rings. The highest BCUT2D eigenvalue weighted by molar-refractivity contribution is 5.86. The first-order valence-corrected chi connectivity index (χ1v) is 9.06. The predicted molar refractivity (Wildman–Crippen MR) is 107 cm³/mol. The van der Waals surface area contributed by atoms with Crippen LogP contribution in [0, 0.1) is 0 Å². The maximum absolute atomic E-state index is 4.54. The lowest BCUT2D eigenvalue weighted by Gasteiger charge is -2.13. The molecule has 2 heterocycles. The molecule has 134 valence electrons. The highest BCUT2D eigenvalue weighted by Crippen LogP contribution is 2.21. The van der Waals surface area contributed by atoms with Crippen molar-refractivity contribution in [2.45, 2.75) is 25.9 Å². The molecule has 2 aromatic carbocycles.